The number of carboxylic acids is 1. The second-order valence-corrected chi connectivity index (χ2v) is 2.91. The normalized spacial score (nSPS) is 12.6. The van der Waals surface area contributed by atoms with Crippen LogP contribution in [-0.4, -0.2) is 17.3 Å². The molecule has 0 fully saturated rings. The van der Waals surface area contributed by atoms with Crippen LogP contribution in [0.15, 0.2) is 29.8 Å². The van der Waals surface area contributed by atoms with Crippen LogP contribution in [0, 0.1) is 5.82 Å². The summed E-state index contributed by atoms with van der Waals surface area (Å²) in [7, 11) is 0. The highest BCUT2D eigenvalue weighted by Gasteiger charge is 2.38. The maximum atomic E-state index is 12.5. The van der Waals surface area contributed by atoms with Crippen LogP contribution in [0.4, 0.5) is 17.6 Å². The van der Waals surface area contributed by atoms with Gasteiger partial charge in [-0.1, -0.05) is 12.1 Å². The Labute approximate surface area is 87.8 Å². The fourth-order valence-corrected chi connectivity index (χ4v) is 0.990. The number of carboxylic acid groups (broad SMARTS) is 1. The summed E-state index contributed by atoms with van der Waals surface area (Å²) in [6, 6.07) is 4.01. The SMILES string of the molecule is O=C(O)/C(=C/c1ccc(F)cc1)C(F)(F)F. The topological polar surface area (TPSA) is 37.3 Å². The minimum absolute atomic E-state index is 0.0314. The van der Waals surface area contributed by atoms with Gasteiger partial charge in [-0.15, -0.1) is 0 Å². The number of hydrogen-bond donors (Lipinski definition) is 1. The average molecular weight is 234 g/mol. The first-order valence-corrected chi connectivity index (χ1v) is 4.08. The molecule has 6 heteroatoms. The minimum Gasteiger partial charge on any atom is -0.478 e. The summed E-state index contributed by atoms with van der Waals surface area (Å²) < 4.78 is 49.1. The molecule has 0 unspecified atom stereocenters. The largest absolute Gasteiger partial charge is 0.478 e. The molecule has 0 aliphatic rings. The summed E-state index contributed by atoms with van der Waals surface area (Å²) in [5.41, 5.74) is -1.73. The Morgan fingerprint density at radius 1 is 1.19 bits per heavy atom. The van der Waals surface area contributed by atoms with E-state index in [0.29, 0.717) is 6.08 Å². The first kappa shape index (κ1) is 12.2. The fourth-order valence-electron chi connectivity index (χ4n) is 0.990. The van der Waals surface area contributed by atoms with Gasteiger partial charge in [0.15, 0.2) is 0 Å². The van der Waals surface area contributed by atoms with E-state index in [1.54, 1.807) is 0 Å². The molecule has 86 valence electrons. The minimum atomic E-state index is -4.94. The molecule has 0 saturated heterocycles. The van der Waals surface area contributed by atoms with Crippen LogP contribution in [0.1, 0.15) is 5.56 Å². The standard InChI is InChI=1S/C10H6F4O2/c11-7-3-1-6(2-4-7)5-8(9(15)16)10(12,13)14/h1-5H,(H,15,16)/b8-5-. The van der Waals surface area contributed by atoms with Gasteiger partial charge in [0, 0.05) is 0 Å². The van der Waals surface area contributed by atoms with Crippen molar-refractivity contribution in [1.82, 2.24) is 0 Å². The number of hydrogen-bond acceptors (Lipinski definition) is 1. The molecule has 0 aliphatic carbocycles. The lowest BCUT2D eigenvalue weighted by atomic mass is 10.1. The van der Waals surface area contributed by atoms with Gasteiger partial charge in [0.05, 0.1) is 0 Å². The lowest BCUT2D eigenvalue weighted by Gasteiger charge is -2.06. The van der Waals surface area contributed by atoms with Crippen LogP contribution in [0.3, 0.4) is 0 Å². The summed E-state index contributed by atoms with van der Waals surface area (Å²) >= 11 is 0. The Kier molecular flexibility index (Phi) is 3.31. The quantitative estimate of drug-likeness (QED) is 0.631. The van der Waals surface area contributed by atoms with Crippen molar-refractivity contribution in [3.63, 3.8) is 0 Å². The zero-order valence-electron chi connectivity index (χ0n) is 7.75. The summed E-state index contributed by atoms with van der Waals surface area (Å²) in [5, 5.41) is 8.36. The molecule has 1 aromatic rings. The molecule has 0 bridgehead atoms. The van der Waals surface area contributed by atoms with Crippen molar-refractivity contribution in [2.24, 2.45) is 0 Å². The molecular weight excluding hydrogens is 228 g/mol. The van der Waals surface area contributed by atoms with Crippen molar-refractivity contribution in [3.8, 4) is 0 Å². The van der Waals surface area contributed by atoms with Crippen molar-refractivity contribution in [3.05, 3.63) is 41.2 Å². The lowest BCUT2D eigenvalue weighted by molar-refractivity contribution is -0.144. The monoisotopic (exact) mass is 234 g/mol. The Balaban J connectivity index is 3.13. The summed E-state index contributed by atoms with van der Waals surface area (Å²) in [5.74, 6) is -2.68. The summed E-state index contributed by atoms with van der Waals surface area (Å²) in [6.07, 6.45) is -4.50. The van der Waals surface area contributed by atoms with E-state index in [0.717, 1.165) is 24.3 Å². The van der Waals surface area contributed by atoms with Crippen molar-refractivity contribution in [2.45, 2.75) is 6.18 Å². The third-order valence-corrected chi connectivity index (χ3v) is 1.72. The van der Waals surface area contributed by atoms with Gasteiger partial charge in [0.2, 0.25) is 0 Å². The molecule has 0 saturated carbocycles. The van der Waals surface area contributed by atoms with Crippen LogP contribution >= 0.6 is 0 Å². The van der Waals surface area contributed by atoms with Gasteiger partial charge in [-0.2, -0.15) is 13.2 Å². The van der Waals surface area contributed by atoms with Crippen LogP contribution in [0.5, 0.6) is 0 Å². The van der Waals surface area contributed by atoms with Gasteiger partial charge in [-0.05, 0) is 23.8 Å². The molecule has 0 amide bonds. The second kappa shape index (κ2) is 4.34. The smallest absolute Gasteiger partial charge is 0.423 e. The molecule has 1 aromatic carbocycles. The number of alkyl halides is 3. The number of benzene rings is 1. The lowest BCUT2D eigenvalue weighted by Crippen LogP contribution is -2.19. The molecule has 2 nitrogen and oxygen atoms in total. The number of aliphatic carboxylic acids is 1. The van der Waals surface area contributed by atoms with E-state index in [1.807, 2.05) is 0 Å². The van der Waals surface area contributed by atoms with Crippen molar-refractivity contribution < 1.29 is 27.5 Å². The maximum absolute atomic E-state index is 12.5. The number of carbonyl (C=O) groups is 1. The summed E-state index contributed by atoms with van der Waals surface area (Å²) in [4.78, 5) is 10.4. The maximum Gasteiger partial charge on any atom is 0.423 e. The van der Waals surface area contributed by atoms with Gasteiger partial charge >= 0.3 is 12.1 Å². The summed E-state index contributed by atoms with van der Waals surface area (Å²) in [6.45, 7) is 0. The highest BCUT2D eigenvalue weighted by Crippen LogP contribution is 2.27. The van der Waals surface area contributed by atoms with E-state index < -0.39 is 23.5 Å². The van der Waals surface area contributed by atoms with Crippen molar-refractivity contribution >= 4 is 12.0 Å². The number of rotatable bonds is 2. The zero-order chi connectivity index (χ0) is 12.3. The highest BCUT2D eigenvalue weighted by atomic mass is 19.4. The molecular formula is C10H6F4O2. The average Bonchev–Trinajstić information content (AvgIpc) is 2.14. The Morgan fingerprint density at radius 3 is 2.06 bits per heavy atom. The van der Waals surface area contributed by atoms with Crippen molar-refractivity contribution in [2.75, 3.05) is 0 Å². The van der Waals surface area contributed by atoms with E-state index in [-0.39, 0.29) is 5.56 Å². The second-order valence-electron chi connectivity index (χ2n) is 2.91. The molecule has 1 rings (SSSR count). The first-order valence-electron chi connectivity index (χ1n) is 4.08. The Morgan fingerprint density at radius 2 is 1.69 bits per heavy atom. The molecule has 0 aliphatic heterocycles. The van der Waals surface area contributed by atoms with Crippen LogP contribution in [0.25, 0.3) is 6.08 Å². The van der Waals surface area contributed by atoms with Crippen molar-refractivity contribution in [1.29, 1.82) is 0 Å². The molecule has 0 atom stereocenters. The van der Waals surface area contributed by atoms with Gasteiger partial charge in [-0.3, -0.25) is 0 Å². The van der Waals surface area contributed by atoms with E-state index in [1.165, 1.54) is 0 Å². The van der Waals surface area contributed by atoms with E-state index in [2.05, 4.69) is 0 Å². The fraction of sp³-hybridized carbons (Fsp3) is 0.100. The van der Waals surface area contributed by atoms with Gasteiger partial charge < -0.3 is 5.11 Å². The Hall–Kier alpha value is -1.85. The van der Waals surface area contributed by atoms with E-state index in [4.69, 9.17) is 5.11 Å². The highest BCUT2D eigenvalue weighted by molar-refractivity contribution is 5.93. The molecule has 16 heavy (non-hydrogen) atoms. The molecule has 0 aromatic heterocycles. The van der Waals surface area contributed by atoms with Crippen LogP contribution in [-0.2, 0) is 4.79 Å². The predicted octanol–water partition coefficient (Wildman–Crippen LogP) is 2.86. The first-order chi connectivity index (χ1) is 7.30. The zero-order valence-corrected chi connectivity index (χ0v) is 7.75. The molecule has 1 N–H and O–H groups in total. The predicted molar refractivity (Wildman–Crippen MR) is 48.1 cm³/mol. The third kappa shape index (κ3) is 3.08. The number of halogens is 4. The van der Waals surface area contributed by atoms with Gasteiger partial charge in [0.25, 0.3) is 0 Å². The molecule has 0 spiro atoms. The van der Waals surface area contributed by atoms with Crippen LogP contribution < -0.4 is 0 Å². The molecule has 0 heterocycles. The van der Waals surface area contributed by atoms with Gasteiger partial charge in [0.1, 0.15) is 11.4 Å². The van der Waals surface area contributed by atoms with Crippen LogP contribution in [0.2, 0.25) is 0 Å². The van der Waals surface area contributed by atoms with E-state index in [9.17, 15) is 22.4 Å². The van der Waals surface area contributed by atoms with E-state index >= 15 is 0 Å². The molecule has 0 radical (unpaired) electrons. The Bertz CT molecular complexity index is 417. The third-order valence-electron chi connectivity index (χ3n) is 1.72. The van der Waals surface area contributed by atoms with Gasteiger partial charge in [-0.25, -0.2) is 9.18 Å².